The Balaban J connectivity index is 1.75. The number of nitrogens with zero attached hydrogens (tertiary/aromatic N) is 1. The highest BCUT2D eigenvalue weighted by Gasteiger charge is 2.29. The maximum Gasteiger partial charge on any atom is 0.254 e. The van der Waals surface area contributed by atoms with Crippen molar-refractivity contribution in [3.63, 3.8) is 0 Å². The fourth-order valence-corrected chi connectivity index (χ4v) is 3.83. The van der Waals surface area contributed by atoms with Gasteiger partial charge in [-0.1, -0.05) is 30.8 Å². The molecule has 1 aliphatic heterocycles. The maximum atomic E-state index is 12.8. The molecule has 1 heterocycles. The van der Waals surface area contributed by atoms with Crippen LogP contribution in [0, 0.1) is 0 Å². The van der Waals surface area contributed by atoms with Crippen LogP contribution in [0.5, 0.6) is 0 Å². The summed E-state index contributed by atoms with van der Waals surface area (Å²) in [5.74, 6) is -0.962. The van der Waals surface area contributed by atoms with E-state index in [1.165, 1.54) is 6.92 Å². The maximum absolute atomic E-state index is 12.8. The Morgan fingerprint density at radius 2 is 1.77 bits per heavy atom. The van der Waals surface area contributed by atoms with E-state index in [2.05, 4.69) is 11.9 Å². The first-order valence-corrected chi connectivity index (χ1v) is 9.74. The molecule has 0 spiro atoms. The van der Waals surface area contributed by atoms with Gasteiger partial charge in [0.15, 0.2) is 0 Å². The molecule has 0 fully saturated rings. The zero-order chi connectivity index (χ0) is 22.3. The van der Waals surface area contributed by atoms with Gasteiger partial charge in [0, 0.05) is 24.6 Å². The highest BCUT2D eigenvalue weighted by molar-refractivity contribution is 6.06. The molecule has 0 saturated carbocycles. The molecule has 7 heteroatoms. The number of hydrogen-bond acceptors (Lipinski definition) is 4. The van der Waals surface area contributed by atoms with Gasteiger partial charge in [0.25, 0.3) is 5.91 Å². The summed E-state index contributed by atoms with van der Waals surface area (Å²) in [5.41, 5.74) is 15.8. The fourth-order valence-electron chi connectivity index (χ4n) is 3.83. The molecule has 0 atom stereocenters. The number of rotatable bonds is 5. The van der Waals surface area contributed by atoms with Crippen molar-refractivity contribution in [2.75, 3.05) is 17.6 Å². The number of amides is 3. The standard InChI is InChI=1S/C24H22N4O3/c1-13(23(26)30)11-28-12-20-18(24(28)31)7-5-15-3-4-16(9-19(15)20)17-6-8-21(25)22(10-17)27-14(2)29/h3-10H,1,11-12,25H2,2H3,(H2,26,30)(H,27,29). The number of primary amides is 1. The number of anilines is 2. The van der Waals surface area contributed by atoms with Gasteiger partial charge < -0.3 is 21.7 Å². The largest absolute Gasteiger partial charge is 0.397 e. The average molecular weight is 414 g/mol. The zero-order valence-corrected chi connectivity index (χ0v) is 17.1. The summed E-state index contributed by atoms with van der Waals surface area (Å²) in [6.07, 6.45) is 0. The zero-order valence-electron chi connectivity index (χ0n) is 17.1. The first kappa shape index (κ1) is 20.2. The summed E-state index contributed by atoms with van der Waals surface area (Å²) in [5, 5.41) is 4.70. The first-order valence-electron chi connectivity index (χ1n) is 9.74. The van der Waals surface area contributed by atoms with Gasteiger partial charge >= 0.3 is 0 Å². The monoisotopic (exact) mass is 414 g/mol. The lowest BCUT2D eigenvalue weighted by molar-refractivity contribution is -0.115. The molecular weight excluding hydrogens is 392 g/mol. The fraction of sp³-hybridized carbons (Fsp3) is 0.125. The minimum atomic E-state index is -0.616. The van der Waals surface area contributed by atoms with E-state index in [1.54, 1.807) is 11.0 Å². The molecule has 0 unspecified atom stereocenters. The molecule has 0 radical (unpaired) electrons. The highest BCUT2D eigenvalue weighted by atomic mass is 16.2. The van der Waals surface area contributed by atoms with Gasteiger partial charge in [0.1, 0.15) is 0 Å². The Kier molecular flexibility index (Phi) is 4.94. The van der Waals surface area contributed by atoms with Crippen LogP contribution >= 0.6 is 0 Å². The van der Waals surface area contributed by atoms with Crippen molar-refractivity contribution in [3.8, 4) is 11.1 Å². The SMILES string of the molecule is C=C(CN1Cc2c(ccc3ccc(-c4ccc(N)c(NC(C)=O)c4)cc23)C1=O)C(N)=O. The van der Waals surface area contributed by atoms with Crippen LogP contribution in [0.3, 0.4) is 0 Å². The van der Waals surface area contributed by atoms with Crippen molar-refractivity contribution in [2.45, 2.75) is 13.5 Å². The van der Waals surface area contributed by atoms with Crippen LogP contribution in [0.15, 0.2) is 60.7 Å². The minimum absolute atomic E-state index is 0.0993. The molecule has 3 aromatic carbocycles. The van der Waals surface area contributed by atoms with Gasteiger partial charge in [-0.2, -0.15) is 0 Å². The number of hydrogen-bond donors (Lipinski definition) is 3. The van der Waals surface area contributed by atoms with Gasteiger partial charge in [-0.25, -0.2) is 0 Å². The topological polar surface area (TPSA) is 119 Å². The Bertz CT molecular complexity index is 1280. The van der Waals surface area contributed by atoms with Crippen LogP contribution in [-0.2, 0) is 16.1 Å². The number of carbonyl (C=O) groups excluding carboxylic acids is 3. The van der Waals surface area contributed by atoms with Crippen LogP contribution in [0.4, 0.5) is 11.4 Å². The van der Waals surface area contributed by atoms with E-state index in [0.717, 1.165) is 27.5 Å². The summed E-state index contributed by atoms with van der Waals surface area (Å²) in [7, 11) is 0. The number of benzene rings is 3. The van der Waals surface area contributed by atoms with E-state index >= 15 is 0 Å². The average Bonchev–Trinajstić information content (AvgIpc) is 3.04. The molecule has 156 valence electrons. The van der Waals surface area contributed by atoms with Gasteiger partial charge in [0.05, 0.1) is 17.9 Å². The van der Waals surface area contributed by atoms with E-state index < -0.39 is 5.91 Å². The van der Waals surface area contributed by atoms with E-state index in [1.807, 2.05) is 42.5 Å². The van der Waals surface area contributed by atoms with Crippen molar-refractivity contribution < 1.29 is 14.4 Å². The molecule has 1 aliphatic rings. The van der Waals surface area contributed by atoms with Crippen LogP contribution < -0.4 is 16.8 Å². The van der Waals surface area contributed by atoms with Crippen molar-refractivity contribution in [2.24, 2.45) is 5.73 Å². The number of nitrogen functional groups attached to an aromatic ring is 1. The Morgan fingerprint density at radius 1 is 1.10 bits per heavy atom. The number of fused-ring (bicyclic) bond motifs is 3. The predicted octanol–water partition coefficient (Wildman–Crippen LogP) is 3.04. The molecule has 3 aromatic rings. The lowest BCUT2D eigenvalue weighted by atomic mass is 9.96. The summed E-state index contributed by atoms with van der Waals surface area (Å²) in [4.78, 5) is 37.2. The Hall–Kier alpha value is -4.13. The second kappa shape index (κ2) is 7.60. The molecule has 0 saturated heterocycles. The second-order valence-corrected chi connectivity index (χ2v) is 7.64. The molecule has 0 bridgehead atoms. The van der Waals surface area contributed by atoms with E-state index in [-0.39, 0.29) is 23.9 Å². The van der Waals surface area contributed by atoms with E-state index in [9.17, 15) is 14.4 Å². The minimum Gasteiger partial charge on any atom is -0.397 e. The van der Waals surface area contributed by atoms with Crippen LogP contribution in [-0.4, -0.2) is 29.2 Å². The first-order chi connectivity index (χ1) is 14.7. The third-order valence-electron chi connectivity index (χ3n) is 5.43. The van der Waals surface area contributed by atoms with Crippen molar-refractivity contribution >= 4 is 39.9 Å². The Labute approximate surface area is 179 Å². The Morgan fingerprint density at radius 3 is 2.48 bits per heavy atom. The van der Waals surface area contributed by atoms with Crippen molar-refractivity contribution in [1.29, 1.82) is 0 Å². The molecule has 4 rings (SSSR count). The smallest absolute Gasteiger partial charge is 0.254 e. The molecule has 0 aliphatic carbocycles. The molecule has 0 aromatic heterocycles. The van der Waals surface area contributed by atoms with Crippen LogP contribution in [0.1, 0.15) is 22.8 Å². The molecule has 5 N–H and O–H groups in total. The van der Waals surface area contributed by atoms with Gasteiger partial charge in [0.2, 0.25) is 11.8 Å². The molecule has 31 heavy (non-hydrogen) atoms. The number of carbonyl (C=O) groups is 3. The van der Waals surface area contributed by atoms with Crippen LogP contribution in [0.2, 0.25) is 0 Å². The number of nitrogens with two attached hydrogens (primary N) is 2. The quantitative estimate of drug-likeness (QED) is 0.439. The summed E-state index contributed by atoms with van der Waals surface area (Å²) < 4.78 is 0. The summed E-state index contributed by atoms with van der Waals surface area (Å²) in [6, 6.07) is 15.2. The van der Waals surface area contributed by atoms with Crippen molar-refractivity contribution in [1.82, 2.24) is 4.90 Å². The molecular formula is C24H22N4O3. The van der Waals surface area contributed by atoms with Gasteiger partial charge in [-0.05, 0) is 51.7 Å². The third kappa shape index (κ3) is 3.73. The second-order valence-electron chi connectivity index (χ2n) is 7.64. The molecule has 7 nitrogen and oxygen atoms in total. The van der Waals surface area contributed by atoms with E-state index in [4.69, 9.17) is 11.5 Å². The predicted molar refractivity (Wildman–Crippen MR) is 121 cm³/mol. The van der Waals surface area contributed by atoms with Gasteiger partial charge in [-0.15, -0.1) is 0 Å². The highest BCUT2D eigenvalue weighted by Crippen LogP contribution is 2.34. The van der Waals surface area contributed by atoms with E-state index in [0.29, 0.717) is 23.5 Å². The lowest BCUT2D eigenvalue weighted by Gasteiger charge is -2.15. The molecule has 3 amide bonds. The van der Waals surface area contributed by atoms with Gasteiger partial charge in [-0.3, -0.25) is 14.4 Å². The lowest BCUT2D eigenvalue weighted by Crippen LogP contribution is -2.30. The summed E-state index contributed by atoms with van der Waals surface area (Å²) >= 11 is 0. The number of nitrogens with one attached hydrogen (secondary N) is 1. The normalized spacial score (nSPS) is 12.7. The van der Waals surface area contributed by atoms with Crippen molar-refractivity contribution in [3.05, 3.63) is 71.8 Å². The van der Waals surface area contributed by atoms with Crippen LogP contribution in [0.25, 0.3) is 21.9 Å². The summed E-state index contributed by atoms with van der Waals surface area (Å²) in [6.45, 7) is 5.56. The third-order valence-corrected chi connectivity index (χ3v) is 5.43.